The maximum atomic E-state index is 11.8. The third-order valence-electron chi connectivity index (χ3n) is 3.05. The zero-order valence-electron chi connectivity index (χ0n) is 12.1. The van der Waals surface area contributed by atoms with E-state index in [2.05, 4.69) is 10.3 Å². The maximum Gasteiger partial charge on any atom is 0.303 e. The number of nitrogens with zero attached hydrogens (tertiary/aromatic N) is 1. The van der Waals surface area contributed by atoms with Crippen LogP contribution in [0.3, 0.4) is 0 Å². The molecular weight excluding hydrogens is 304 g/mol. The molecule has 6 nitrogen and oxygen atoms in total. The van der Waals surface area contributed by atoms with Crippen molar-refractivity contribution in [2.45, 2.75) is 32.1 Å². The van der Waals surface area contributed by atoms with Crippen molar-refractivity contribution in [3.05, 3.63) is 29.7 Å². The second kappa shape index (κ2) is 8.33. The number of amides is 1. The van der Waals surface area contributed by atoms with Crippen molar-refractivity contribution in [3.8, 4) is 10.6 Å². The average molecular weight is 322 g/mol. The highest BCUT2D eigenvalue weighted by atomic mass is 32.1. The molecule has 0 aromatic carbocycles. The SMILES string of the molecule is O=C(O)CCCCCNC(=O)Cc1csc(-c2ccoc2)n1. The fourth-order valence-electron chi connectivity index (χ4n) is 1.94. The lowest BCUT2D eigenvalue weighted by molar-refractivity contribution is -0.137. The molecule has 0 fully saturated rings. The van der Waals surface area contributed by atoms with Gasteiger partial charge in [-0.3, -0.25) is 9.59 Å². The van der Waals surface area contributed by atoms with Crippen LogP contribution in [0.4, 0.5) is 0 Å². The Bertz CT molecular complexity index is 607. The summed E-state index contributed by atoms with van der Waals surface area (Å²) in [5.74, 6) is -0.844. The Labute approximate surface area is 132 Å². The molecule has 2 aromatic heterocycles. The Balaban J connectivity index is 1.66. The van der Waals surface area contributed by atoms with Gasteiger partial charge >= 0.3 is 5.97 Å². The van der Waals surface area contributed by atoms with Crippen molar-refractivity contribution in [2.75, 3.05) is 6.54 Å². The van der Waals surface area contributed by atoms with Crippen molar-refractivity contribution in [3.63, 3.8) is 0 Å². The van der Waals surface area contributed by atoms with Crippen molar-refractivity contribution in [1.29, 1.82) is 0 Å². The van der Waals surface area contributed by atoms with Crippen LogP contribution in [0.1, 0.15) is 31.4 Å². The van der Waals surface area contributed by atoms with Crippen molar-refractivity contribution in [2.24, 2.45) is 0 Å². The molecular formula is C15H18N2O4S. The van der Waals surface area contributed by atoms with Crippen LogP contribution in [0.2, 0.25) is 0 Å². The molecule has 0 aliphatic rings. The second-order valence-corrected chi connectivity index (χ2v) is 5.75. The van der Waals surface area contributed by atoms with Gasteiger partial charge in [0, 0.05) is 23.9 Å². The average Bonchev–Trinajstić information content (AvgIpc) is 3.12. The summed E-state index contributed by atoms with van der Waals surface area (Å²) in [6.07, 6.45) is 5.88. The number of rotatable bonds is 9. The molecule has 2 rings (SSSR count). The van der Waals surface area contributed by atoms with E-state index in [9.17, 15) is 9.59 Å². The van der Waals surface area contributed by atoms with Crippen LogP contribution in [0.25, 0.3) is 10.6 Å². The van der Waals surface area contributed by atoms with Gasteiger partial charge in [-0.05, 0) is 18.9 Å². The Hall–Kier alpha value is -2.15. The number of carboxylic acids is 1. The van der Waals surface area contributed by atoms with Crippen molar-refractivity contribution >= 4 is 23.2 Å². The lowest BCUT2D eigenvalue weighted by Crippen LogP contribution is -2.26. The van der Waals surface area contributed by atoms with Gasteiger partial charge in [0.15, 0.2) is 0 Å². The van der Waals surface area contributed by atoms with Crippen LogP contribution in [0, 0.1) is 0 Å². The molecule has 2 heterocycles. The first-order valence-corrected chi connectivity index (χ1v) is 7.98. The summed E-state index contributed by atoms with van der Waals surface area (Å²) >= 11 is 1.48. The summed E-state index contributed by atoms with van der Waals surface area (Å²) in [4.78, 5) is 26.5. The Morgan fingerprint density at radius 2 is 2.18 bits per heavy atom. The topological polar surface area (TPSA) is 92.4 Å². The molecule has 0 unspecified atom stereocenters. The Kier molecular flexibility index (Phi) is 6.14. The van der Waals surface area contributed by atoms with E-state index in [1.807, 2.05) is 11.4 Å². The highest BCUT2D eigenvalue weighted by Crippen LogP contribution is 2.23. The number of unbranched alkanes of at least 4 members (excludes halogenated alkanes) is 2. The molecule has 22 heavy (non-hydrogen) atoms. The number of carbonyl (C=O) groups excluding carboxylic acids is 1. The van der Waals surface area contributed by atoms with E-state index in [-0.39, 0.29) is 18.7 Å². The largest absolute Gasteiger partial charge is 0.481 e. The first-order chi connectivity index (χ1) is 10.6. The normalized spacial score (nSPS) is 10.5. The predicted octanol–water partition coefficient (Wildman–Crippen LogP) is 2.71. The van der Waals surface area contributed by atoms with Crippen LogP contribution in [0.5, 0.6) is 0 Å². The smallest absolute Gasteiger partial charge is 0.303 e. The van der Waals surface area contributed by atoms with Crippen LogP contribution >= 0.6 is 11.3 Å². The van der Waals surface area contributed by atoms with Crippen LogP contribution < -0.4 is 5.32 Å². The number of hydrogen-bond donors (Lipinski definition) is 2. The zero-order chi connectivity index (χ0) is 15.8. The number of hydrogen-bond acceptors (Lipinski definition) is 5. The lowest BCUT2D eigenvalue weighted by Gasteiger charge is -2.03. The number of furan rings is 1. The summed E-state index contributed by atoms with van der Waals surface area (Å²) < 4.78 is 5.01. The van der Waals surface area contributed by atoms with E-state index in [1.54, 1.807) is 12.5 Å². The van der Waals surface area contributed by atoms with Crippen molar-refractivity contribution in [1.82, 2.24) is 10.3 Å². The van der Waals surface area contributed by atoms with Crippen LogP contribution in [-0.4, -0.2) is 28.5 Å². The van der Waals surface area contributed by atoms with E-state index in [0.717, 1.165) is 29.1 Å². The summed E-state index contributed by atoms with van der Waals surface area (Å²) in [6, 6.07) is 1.83. The summed E-state index contributed by atoms with van der Waals surface area (Å²) in [5, 5.41) is 14.0. The number of nitrogens with one attached hydrogen (secondary N) is 1. The second-order valence-electron chi connectivity index (χ2n) is 4.89. The number of aromatic nitrogens is 1. The van der Waals surface area contributed by atoms with E-state index in [4.69, 9.17) is 9.52 Å². The highest BCUT2D eigenvalue weighted by molar-refractivity contribution is 7.13. The van der Waals surface area contributed by atoms with Gasteiger partial charge in [0.05, 0.1) is 18.4 Å². The minimum atomic E-state index is -0.777. The van der Waals surface area contributed by atoms with E-state index < -0.39 is 5.97 Å². The first kappa shape index (κ1) is 16.2. The molecule has 2 aromatic rings. The molecule has 0 spiro atoms. The van der Waals surface area contributed by atoms with Gasteiger partial charge in [-0.1, -0.05) is 6.42 Å². The van der Waals surface area contributed by atoms with E-state index in [0.29, 0.717) is 13.0 Å². The molecule has 118 valence electrons. The van der Waals surface area contributed by atoms with Gasteiger partial charge in [-0.2, -0.15) is 0 Å². The molecule has 0 aliphatic heterocycles. The molecule has 0 aliphatic carbocycles. The first-order valence-electron chi connectivity index (χ1n) is 7.10. The standard InChI is InChI=1S/C15H18N2O4S/c18-13(16-6-3-1-2-4-14(19)20)8-12-10-22-15(17-12)11-5-7-21-9-11/h5,7,9-10H,1-4,6,8H2,(H,16,18)(H,19,20). The molecule has 1 amide bonds. The molecule has 0 saturated heterocycles. The third-order valence-corrected chi connectivity index (χ3v) is 3.99. The molecule has 0 bridgehead atoms. The molecule has 0 atom stereocenters. The van der Waals surface area contributed by atoms with Gasteiger partial charge in [0.1, 0.15) is 11.3 Å². The monoisotopic (exact) mass is 322 g/mol. The van der Waals surface area contributed by atoms with E-state index >= 15 is 0 Å². The maximum absolute atomic E-state index is 11.8. The van der Waals surface area contributed by atoms with Gasteiger partial charge in [0.2, 0.25) is 5.91 Å². The van der Waals surface area contributed by atoms with Gasteiger partial charge in [0.25, 0.3) is 0 Å². The quantitative estimate of drug-likeness (QED) is 0.692. The summed E-state index contributed by atoms with van der Waals surface area (Å²) in [7, 11) is 0. The van der Waals surface area contributed by atoms with Gasteiger partial charge < -0.3 is 14.8 Å². The predicted molar refractivity (Wildman–Crippen MR) is 82.6 cm³/mol. The Morgan fingerprint density at radius 1 is 1.32 bits per heavy atom. The summed E-state index contributed by atoms with van der Waals surface area (Å²) in [5.41, 5.74) is 1.65. The number of thiazole rings is 1. The molecule has 0 saturated carbocycles. The molecule has 7 heteroatoms. The van der Waals surface area contributed by atoms with Crippen LogP contribution in [0.15, 0.2) is 28.4 Å². The minimum Gasteiger partial charge on any atom is -0.481 e. The number of carboxylic acid groups (broad SMARTS) is 1. The summed E-state index contributed by atoms with van der Waals surface area (Å²) in [6.45, 7) is 0.567. The third kappa shape index (κ3) is 5.33. The van der Waals surface area contributed by atoms with Gasteiger partial charge in [-0.15, -0.1) is 11.3 Å². The molecule has 2 N–H and O–H groups in total. The minimum absolute atomic E-state index is 0.0673. The van der Waals surface area contributed by atoms with Crippen LogP contribution in [-0.2, 0) is 16.0 Å². The lowest BCUT2D eigenvalue weighted by atomic mass is 10.2. The zero-order valence-corrected chi connectivity index (χ0v) is 12.9. The fourth-order valence-corrected chi connectivity index (χ4v) is 2.75. The fraction of sp³-hybridized carbons (Fsp3) is 0.400. The van der Waals surface area contributed by atoms with E-state index in [1.165, 1.54) is 11.3 Å². The highest BCUT2D eigenvalue weighted by Gasteiger charge is 2.09. The number of carbonyl (C=O) groups is 2. The van der Waals surface area contributed by atoms with Gasteiger partial charge in [-0.25, -0.2) is 4.98 Å². The Morgan fingerprint density at radius 3 is 2.91 bits per heavy atom. The number of aliphatic carboxylic acids is 1. The molecule has 0 radical (unpaired) electrons. The van der Waals surface area contributed by atoms with Crippen molar-refractivity contribution < 1.29 is 19.1 Å².